The first-order valence-electron chi connectivity index (χ1n) is 7.50. The topological polar surface area (TPSA) is 116 Å². The molecule has 11 heteroatoms. The molecule has 1 aromatic carbocycles. The maximum Gasteiger partial charge on any atom is 0.373 e. The fourth-order valence-corrected chi connectivity index (χ4v) is 3.36. The number of anilines is 2. The van der Waals surface area contributed by atoms with E-state index >= 15 is 0 Å². The lowest BCUT2D eigenvalue weighted by Crippen LogP contribution is -2.03. The molecule has 0 amide bonds. The largest absolute Gasteiger partial charge is 0.431 e. The molecule has 0 saturated heterocycles. The van der Waals surface area contributed by atoms with Gasteiger partial charge in [0.2, 0.25) is 5.82 Å². The van der Waals surface area contributed by atoms with Crippen molar-refractivity contribution < 1.29 is 9.66 Å². The average Bonchev–Trinajstić information content (AvgIpc) is 3.17. The number of fused-ring (bicyclic) bond motifs is 1. The van der Waals surface area contributed by atoms with Gasteiger partial charge < -0.3 is 10.1 Å². The Morgan fingerprint density at radius 2 is 2.04 bits per heavy atom. The first-order chi connectivity index (χ1) is 13.1. The zero-order valence-corrected chi connectivity index (χ0v) is 15.8. The SMILES string of the molecule is O=[N+]([O-])c1c(Nc2nccs2)ncnc1Oc1ccc(Br)c2cccnc12. The van der Waals surface area contributed by atoms with Crippen molar-refractivity contribution in [2.75, 3.05) is 5.32 Å². The Morgan fingerprint density at radius 1 is 1.15 bits per heavy atom. The molecule has 0 unspecified atom stereocenters. The summed E-state index contributed by atoms with van der Waals surface area (Å²) in [6, 6.07) is 7.10. The normalized spacial score (nSPS) is 10.7. The fourth-order valence-electron chi connectivity index (χ4n) is 2.38. The van der Waals surface area contributed by atoms with Crippen molar-refractivity contribution in [3.8, 4) is 11.6 Å². The Bertz CT molecular complexity index is 1140. The summed E-state index contributed by atoms with van der Waals surface area (Å²) in [7, 11) is 0. The summed E-state index contributed by atoms with van der Waals surface area (Å²) in [6.45, 7) is 0. The van der Waals surface area contributed by atoms with Crippen LogP contribution in [0.15, 0.2) is 52.8 Å². The first-order valence-corrected chi connectivity index (χ1v) is 9.18. The summed E-state index contributed by atoms with van der Waals surface area (Å²) in [6.07, 6.45) is 4.38. The third-order valence-corrected chi connectivity index (χ3v) is 4.90. The minimum atomic E-state index is -0.597. The van der Waals surface area contributed by atoms with Crippen molar-refractivity contribution in [3.05, 3.63) is 63.0 Å². The van der Waals surface area contributed by atoms with Crippen LogP contribution in [-0.4, -0.2) is 24.9 Å². The van der Waals surface area contributed by atoms with Gasteiger partial charge in [-0.25, -0.2) is 9.97 Å². The van der Waals surface area contributed by atoms with Crippen LogP contribution in [0.5, 0.6) is 11.6 Å². The Labute approximate surface area is 164 Å². The van der Waals surface area contributed by atoms with Crippen LogP contribution in [-0.2, 0) is 0 Å². The van der Waals surface area contributed by atoms with Crippen LogP contribution in [0.1, 0.15) is 0 Å². The van der Waals surface area contributed by atoms with Gasteiger partial charge >= 0.3 is 11.6 Å². The molecule has 3 aromatic heterocycles. The van der Waals surface area contributed by atoms with Gasteiger partial charge in [-0.15, -0.1) is 11.3 Å². The van der Waals surface area contributed by atoms with Gasteiger partial charge in [0.05, 0.1) is 4.92 Å². The number of pyridine rings is 1. The van der Waals surface area contributed by atoms with Gasteiger partial charge in [0, 0.05) is 27.6 Å². The van der Waals surface area contributed by atoms with Gasteiger partial charge in [0.25, 0.3) is 0 Å². The number of hydrogen-bond acceptors (Lipinski definition) is 9. The van der Waals surface area contributed by atoms with Crippen LogP contribution in [0, 0.1) is 10.1 Å². The highest BCUT2D eigenvalue weighted by atomic mass is 79.9. The molecule has 0 aliphatic carbocycles. The number of nitro groups is 1. The van der Waals surface area contributed by atoms with Gasteiger partial charge in [-0.2, -0.15) is 4.98 Å². The summed E-state index contributed by atoms with van der Waals surface area (Å²) in [5.74, 6) is 0.147. The van der Waals surface area contributed by atoms with E-state index in [1.54, 1.807) is 36.0 Å². The molecule has 0 fully saturated rings. The maximum atomic E-state index is 11.6. The second-order valence-corrected chi connectivity index (χ2v) is 6.89. The lowest BCUT2D eigenvalue weighted by Gasteiger charge is -2.10. The molecule has 9 nitrogen and oxygen atoms in total. The van der Waals surface area contributed by atoms with Crippen molar-refractivity contribution in [1.29, 1.82) is 0 Å². The molecule has 3 heterocycles. The number of ether oxygens (including phenoxy) is 1. The predicted molar refractivity (Wildman–Crippen MR) is 104 cm³/mol. The molecule has 0 saturated carbocycles. The minimum Gasteiger partial charge on any atom is -0.431 e. The number of hydrogen-bond donors (Lipinski definition) is 1. The van der Waals surface area contributed by atoms with E-state index in [1.807, 2.05) is 6.07 Å². The molecular weight excluding hydrogens is 436 g/mol. The van der Waals surface area contributed by atoms with E-state index in [4.69, 9.17) is 4.74 Å². The highest BCUT2D eigenvalue weighted by Gasteiger charge is 2.26. The highest BCUT2D eigenvalue weighted by Crippen LogP contribution is 2.38. The van der Waals surface area contributed by atoms with Gasteiger partial charge in [-0.1, -0.05) is 22.0 Å². The Morgan fingerprint density at radius 3 is 2.81 bits per heavy atom. The van der Waals surface area contributed by atoms with Crippen molar-refractivity contribution in [2.45, 2.75) is 0 Å². The molecule has 134 valence electrons. The molecule has 0 bridgehead atoms. The fraction of sp³-hybridized carbons (Fsp3) is 0. The molecule has 0 radical (unpaired) electrons. The van der Waals surface area contributed by atoms with Crippen LogP contribution in [0.25, 0.3) is 10.9 Å². The van der Waals surface area contributed by atoms with E-state index in [9.17, 15) is 10.1 Å². The maximum absolute atomic E-state index is 11.6. The molecule has 1 N–H and O–H groups in total. The monoisotopic (exact) mass is 444 g/mol. The summed E-state index contributed by atoms with van der Waals surface area (Å²) in [5, 5.41) is 17.5. The zero-order chi connectivity index (χ0) is 18.8. The standard InChI is InChI=1S/C16H9BrN6O3S/c17-10-3-4-11(12-9(10)2-1-5-18-12)26-15-13(23(24)25)14(20-8-21-15)22-16-19-6-7-27-16/h1-8H,(H,19,20,21,22). The number of thiazole rings is 1. The zero-order valence-electron chi connectivity index (χ0n) is 13.4. The molecule has 0 atom stereocenters. The van der Waals surface area contributed by atoms with E-state index in [1.165, 1.54) is 17.7 Å². The summed E-state index contributed by atoms with van der Waals surface area (Å²) < 4.78 is 6.60. The Kier molecular flexibility index (Phi) is 4.60. The lowest BCUT2D eigenvalue weighted by atomic mass is 10.2. The lowest BCUT2D eigenvalue weighted by molar-refractivity contribution is -0.385. The van der Waals surface area contributed by atoms with Gasteiger partial charge in [0.15, 0.2) is 10.9 Å². The van der Waals surface area contributed by atoms with E-state index in [2.05, 4.69) is 41.2 Å². The summed E-state index contributed by atoms with van der Waals surface area (Å²) in [4.78, 5) is 27.3. The van der Waals surface area contributed by atoms with Gasteiger partial charge in [-0.05, 0) is 18.2 Å². The van der Waals surface area contributed by atoms with Crippen LogP contribution in [0.2, 0.25) is 0 Å². The first kappa shape index (κ1) is 17.2. The van der Waals surface area contributed by atoms with E-state index in [0.717, 1.165) is 9.86 Å². The van der Waals surface area contributed by atoms with E-state index in [0.29, 0.717) is 16.4 Å². The van der Waals surface area contributed by atoms with E-state index < -0.39 is 4.92 Å². The highest BCUT2D eigenvalue weighted by molar-refractivity contribution is 9.10. The number of halogens is 1. The average molecular weight is 445 g/mol. The van der Waals surface area contributed by atoms with Crippen LogP contribution in [0.4, 0.5) is 16.6 Å². The number of rotatable bonds is 5. The van der Waals surface area contributed by atoms with Crippen LogP contribution >= 0.6 is 27.3 Å². The van der Waals surface area contributed by atoms with Crippen molar-refractivity contribution in [2.24, 2.45) is 0 Å². The van der Waals surface area contributed by atoms with Crippen molar-refractivity contribution in [3.63, 3.8) is 0 Å². The van der Waals surface area contributed by atoms with E-state index in [-0.39, 0.29) is 17.4 Å². The van der Waals surface area contributed by atoms with Crippen molar-refractivity contribution in [1.82, 2.24) is 19.9 Å². The molecule has 4 rings (SSSR count). The molecule has 4 aromatic rings. The summed E-state index contributed by atoms with van der Waals surface area (Å²) >= 11 is 4.74. The quantitative estimate of drug-likeness (QED) is 0.348. The Balaban J connectivity index is 1.79. The number of benzene rings is 1. The third-order valence-electron chi connectivity index (χ3n) is 3.52. The second kappa shape index (κ2) is 7.21. The van der Waals surface area contributed by atoms with Gasteiger partial charge in [0.1, 0.15) is 11.8 Å². The number of nitrogens with zero attached hydrogens (tertiary/aromatic N) is 5. The van der Waals surface area contributed by atoms with Crippen LogP contribution < -0.4 is 10.1 Å². The molecule has 0 aliphatic rings. The van der Waals surface area contributed by atoms with Crippen molar-refractivity contribution >= 4 is 54.8 Å². The van der Waals surface area contributed by atoms with Crippen LogP contribution in [0.3, 0.4) is 0 Å². The molecule has 0 aliphatic heterocycles. The smallest absolute Gasteiger partial charge is 0.373 e. The number of nitrogens with one attached hydrogen (secondary N) is 1. The Hall–Kier alpha value is -3.18. The molecule has 0 spiro atoms. The summed E-state index contributed by atoms with van der Waals surface area (Å²) in [5.41, 5.74) is 0.161. The predicted octanol–water partition coefficient (Wildman–Crippen LogP) is 4.69. The number of aromatic nitrogens is 4. The molecule has 27 heavy (non-hydrogen) atoms. The second-order valence-electron chi connectivity index (χ2n) is 5.14. The minimum absolute atomic E-state index is 0.00525. The third kappa shape index (κ3) is 3.41. The van der Waals surface area contributed by atoms with Gasteiger partial charge in [-0.3, -0.25) is 15.1 Å². The molecular formula is C16H9BrN6O3S.